The van der Waals surface area contributed by atoms with E-state index in [4.69, 9.17) is 14.2 Å². The lowest BCUT2D eigenvalue weighted by Gasteiger charge is -2.14. The van der Waals surface area contributed by atoms with Crippen LogP contribution in [-0.4, -0.2) is 40.9 Å². The first-order chi connectivity index (χ1) is 13.6. The van der Waals surface area contributed by atoms with Crippen molar-refractivity contribution in [2.45, 2.75) is 26.3 Å². The van der Waals surface area contributed by atoms with Gasteiger partial charge in [-0.1, -0.05) is 18.2 Å². The van der Waals surface area contributed by atoms with Gasteiger partial charge in [0.2, 0.25) is 0 Å². The third-order valence-electron chi connectivity index (χ3n) is 4.50. The van der Waals surface area contributed by atoms with Crippen molar-refractivity contribution in [1.29, 1.82) is 0 Å². The Kier molecular flexibility index (Phi) is 11.3. The highest BCUT2D eigenvalue weighted by Crippen LogP contribution is 2.27. The molecule has 2 aromatic rings. The van der Waals surface area contributed by atoms with Crippen molar-refractivity contribution >= 4 is 29.9 Å². The second kappa shape index (κ2) is 13.1. The molecule has 0 aromatic heterocycles. The molecule has 0 heterocycles. The summed E-state index contributed by atoms with van der Waals surface area (Å²) in [7, 11) is 6.77. The first kappa shape index (κ1) is 24.9. The summed E-state index contributed by atoms with van der Waals surface area (Å²) in [6.45, 7) is 3.52. The van der Waals surface area contributed by atoms with Crippen molar-refractivity contribution in [3.63, 3.8) is 0 Å². The van der Waals surface area contributed by atoms with Gasteiger partial charge in [0.05, 0.1) is 21.3 Å². The fraction of sp³-hybridized carbons (Fsp3) is 0.409. The van der Waals surface area contributed by atoms with Gasteiger partial charge < -0.3 is 24.8 Å². The number of guanidine groups is 1. The number of halogens is 1. The Labute approximate surface area is 191 Å². The molecule has 7 heteroatoms. The number of methoxy groups -OCH3 is 3. The van der Waals surface area contributed by atoms with Crippen molar-refractivity contribution in [3.8, 4) is 17.2 Å². The summed E-state index contributed by atoms with van der Waals surface area (Å²) >= 11 is 0. The summed E-state index contributed by atoms with van der Waals surface area (Å²) in [6.07, 6.45) is 1.92. The fourth-order valence-corrected chi connectivity index (χ4v) is 2.93. The van der Waals surface area contributed by atoms with Crippen molar-refractivity contribution in [2.24, 2.45) is 4.99 Å². The van der Waals surface area contributed by atoms with E-state index < -0.39 is 0 Å². The van der Waals surface area contributed by atoms with Crippen LogP contribution in [0.2, 0.25) is 0 Å². The zero-order valence-electron chi connectivity index (χ0n) is 17.9. The van der Waals surface area contributed by atoms with Gasteiger partial charge in [-0.3, -0.25) is 4.99 Å². The number of hydrogen-bond acceptors (Lipinski definition) is 4. The number of ether oxygens (including phenoxy) is 3. The maximum Gasteiger partial charge on any atom is 0.191 e. The second-order valence-electron chi connectivity index (χ2n) is 6.46. The van der Waals surface area contributed by atoms with E-state index in [1.807, 2.05) is 18.2 Å². The summed E-state index contributed by atoms with van der Waals surface area (Å²) in [6, 6.07) is 12.2. The van der Waals surface area contributed by atoms with E-state index >= 15 is 0 Å². The highest BCUT2D eigenvalue weighted by Gasteiger charge is 2.06. The summed E-state index contributed by atoms with van der Waals surface area (Å²) in [4.78, 5) is 4.29. The number of nitrogens with one attached hydrogen (secondary N) is 2. The normalized spacial score (nSPS) is 10.7. The minimum Gasteiger partial charge on any atom is -0.496 e. The number of rotatable bonds is 9. The van der Waals surface area contributed by atoms with Gasteiger partial charge in [0.25, 0.3) is 0 Å². The lowest BCUT2D eigenvalue weighted by molar-refractivity contribution is 0.354. The van der Waals surface area contributed by atoms with Crippen LogP contribution in [0.1, 0.15) is 23.1 Å². The highest BCUT2D eigenvalue weighted by molar-refractivity contribution is 14.0. The van der Waals surface area contributed by atoms with E-state index in [1.54, 1.807) is 28.4 Å². The zero-order chi connectivity index (χ0) is 20.4. The minimum atomic E-state index is 0. The fourth-order valence-electron chi connectivity index (χ4n) is 2.93. The molecular formula is C22H32IN3O3. The Bertz CT molecular complexity index is 797. The molecule has 6 nitrogen and oxygen atoms in total. The maximum atomic E-state index is 5.46. The maximum absolute atomic E-state index is 5.46. The molecule has 0 bridgehead atoms. The monoisotopic (exact) mass is 513 g/mol. The van der Waals surface area contributed by atoms with Crippen LogP contribution >= 0.6 is 24.0 Å². The molecule has 29 heavy (non-hydrogen) atoms. The Hall–Kier alpha value is -2.16. The molecule has 0 amide bonds. The number of aryl methyl sites for hydroxylation is 2. The Morgan fingerprint density at radius 3 is 2.28 bits per heavy atom. The quantitative estimate of drug-likeness (QED) is 0.230. The van der Waals surface area contributed by atoms with Crippen molar-refractivity contribution < 1.29 is 14.2 Å². The van der Waals surface area contributed by atoms with E-state index in [-0.39, 0.29) is 24.0 Å². The molecular weight excluding hydrogens is 481 g/mol. The van der Waals surface area contributed by atoms with Crippen molar-refractivity contribution in [3.05, 3.63) is 53.1 Å². The van der Waals surface area contributed by atoms with Gasteiger partial charge in [0.1, 0.15) is 5.75 Å². The molecule has 0 aliphatic carbocycles. The van der Waals surface area contributed by atoms with Crippen LogP contribution in [0.25, 0.3) is 0 Å². The van der Waals surface area contributed by atoms with Gasteiger partial charge >= 0.3 is 0 Å². The first-order valence-corrected chi connectivity index (χ1v) is 9.40. The average molecular weight is 513 g/mol. The van der Waals surface area contributed by atoms with Crippen LogP contribution in [0.4, 0.5) is 0 Å². The van der Waals surface area contributed by atoms with Crippen molar-refractivity contribution in [2.75, 3.05) is 34.9 Å². The summed E-state index contributed by atoms with van der Waals surface area (Å²) in [5.41, 5.74) is 3.49. The largest absolute Gasteiger partial charge is 0.496 e. The number of benzene rings is 2. The summed E-state index contributed by atoms with van der Waals surface area (Å²) < 4.78 is 16.1. The molecule has 2 N–H and O–H groups in total. The number of nitrogens with zero attached hydrogens (tertiary/aromatic N) is 1. The van der Waals surface area contributed by atoms with Crippen LogP contribution in [0.15, 0.2) is 41.4 Å². The van der Waals surface area contributed by atoms with Crippen LogP contribution in [0.5, 0.6) is 17.2 Å². The van der Waals surface area contributed by atoms with Gasteiger partial charge in [-0.05, 0) is 49.1 Å². The van der Waals surface area contributed by atoms with E-state index in [9.17, 15) is 0 Å². The van der Waals surface area contributed by atoms with Gasteiger partial charge in [-0.25, -0.2) is 0 Å². The van der Waals surface area contributed by atoms with E-state index in [0.717, 1.165) is 48.2 Å². The molecule has 0 aliphatic rings. The van der Waals surface area contributed by atoms with Crippen LogP contribution < -0.4 is 24.8 Å². The van der Waals surface area contributed by atoms with Gasteiger partial charge in [0.15, 0.2) is 17.5 Å². The lowest BCUT2D eigenvalue weighted by Crippen LogP contribution is -2.37. The van der Waals surface area contributed by atoms with Crippen LogP contribution in [0, 0.1) is 6.92 Å². The topological polar surface area (TPSA) is 64.1 Å². The lowest BCUT2D eigenvalue weighted by atomic mass is 10.1. The number of hydrogen-bond donors (Lipinski definition) is 2. The molecule has 0 atom stereocenters. The minimum absolute atomic E-state index is 0. The molecule has 0 radical (unpaired) electrons. The van der Waals surface area contributed by atoms with Gasteiger partial charge in [0, 0.05) is 25.7 Å². The molecule has 0 aliphatic heterocycles. The smallest absolute Gasteiger partial charge is 0.191 e. The molecule has 160 valence electrons. The van der Waals surface area contributed by atoms with Crippen LogP contribution in [0.3, 0.4) is 0 Å². The molecule has 0 unspecified atom stereocenters. The first-order valence-electron chi connectivity index (χ1n) is 9.40. The Morgan fingerprint density at radius 2 is 1.62 bits per heavy atom. The predicted molar refractivity (Wildman–Crippen MR) is 129 cm³/mol. The van der Waals surface area contributed by atoms with Gasteiger partial charge in [-0.2, -0.15) is 0 Å². The molecule has 0 spiro atoms. The molecule has 2 rings (SSSR count). The SMILES string of the molecule is CN=C(NCCCc1ccc(OC)c(OC)c1)NCc1ccc(C)cc1OC.I. The summed E-state index contributed by atoms with van der Waals surface area (Å²) in [5, 5.41) is 6.69. The highest BCUT2D eigenvalue weighted by atomic mass is 127. The van der Waals surface area contributed by atoms with E-state index in [0.29, 0.717) is 6.54 Å². The third-order valence-corrected chi connectivity index (χ3v) is 4.50. The standard InChI is InChI=1S/C22H31N3O3.HI/c1-16-8-10-18(20(13-16)27-4)15-25-22(23-2)24-12-6-7-17-9-11-19(26-3)21(14-17)28-5;/h8-11,13-14H,6-7,12,15H2,1-5H3,(H2,23,24,25);1H. The molecule has 0 saturated carbocycles. The van der Waals surface area contributed by atoms with Gasteiger partial charge in [-0.15, -0.1) is 24.0 Å². The average Bonchev–Trinajstić information content (AvgIpc) is 2.73. The van der Waals surface area contributed by atoms with Crippen molar-refractivity contribution in [1.82, 2.24) is 10.6 Å². The molecule has 0 fully saturated rings. The van der Waals surface area contributed by atoms with Crippen LogP contribution in [-0.2, 0) is 13.0 Å². The Morgan fingerprint density at radius 1 is 0.897 bits per heavy atom. The Balaban J connectivity index is 0.00000420. The molecule has 0 saturated heterocycles. The second-order valence-corrected chi connectivity index (χ2v) is 6.46. The molecule has 2 aromatic carbocycles. The van der Waals surface area contributed by atoms with E-state index in [2.05, 4.69) is 40.7 Å². The predicted octanol–water partition coefficient (Wildman–Crippen LogP) is 3.94. The zero-order valence-corrected chi connectivity index (χ0v) is 20.2. The number of aliphatic imine (C=N–C) groups is 1. The summed E-state index contributed by atoms with van der Waals surface area (Å²) in [5.74, 6) is 3.17. The van der Waals surface area contributed by atoms with E-state index in [1.165, 1.54) is 11.1 Å². The third kappa shape index (κ3) is 7.64.